The zero-order valence-corrected chi connectivity index (χ0v) is 7.69. The second-order valence-corrected chi connectivity index (χ2v) is 3.21. The van der Waals surface area contributed by atoms with Gasteiger partial charge in [0.25, 0.3) is 0 Å². The monoisotopic (exact) mass is 190 g/mol. The Morgan fingerprint density at radius 3 is 3.00 bits per heavy atom. The van der Waals surface area contributed by atoms with Crippen LogP contribution in [0.2, 0.25) is 0 Å². The number of rotatable bonds is 2. The summed E-state index contributed by atoms with van der Waals surface area (Å²) < 4.78 is 0. The smallest absolute Gasteiger partial charge is 0.150 e. The average molecular weight is 190 g/mol. The van der Waals surface area contributed by atoms with Crippen molar-refractivity contribution in [3.8, 4) is 0 Å². The molecule has 0 aliphatic rings. The predicted molar refractivity (Wildman–Crippen MR) is 52.1 cm³/mol. The highest BCUT2D eigenvalue weighted by molar-refractivity contribution is 5.88. The molecule has 0 saturated heterocycles. The largest absolute Gasteiger partial charge is 0.387 e. The first-order valence-electron chi connectivity index (χ1n) is 4.33. The van der Waals surface area contributed by atoms with E-state index in [0.717, 1.165) is 11.7 Å². The van der Waals surface area contributed by atoms with E-state index in [1.165, 1.54) is 0 Å². The van der Waals surface area contributed by atoms with Crippen LogP contribution in [0.1, 0.15) is 29.1 Å². The molecule has 1 unspecified atom stereocenters. The Morgan fingerprint density at radius 1 is 1.57 bits per heavy atom. The van der Waals surface area contributed by atoms with Crippen LogP contribution < -0.4 is 0 Å². The van der Waals surface area contributed by atoms with Gasteiger partial charge in [-0.3, -0.25) is 9.89 Å². The highest BCUT2D eigenvalue weighted by Crippen LogP contribution is 2.21. The van der Waals surface area contributed by atoms with Gasteiger partial charge in [-0.15, -0.1) is 0 Å². The summed E-state index contributed by atoms with van der Waals surface area (Å²) in [5, 5.41) is 17.0. The van der Waals surface area contributed by atoms with Crippen molar-refractivity contribution in [2.24, 2.45) is 0 Å². The average Bonchev–Trinajstić information content (AvgIpc) is 2.59. The van der Waals surface area contributed by atoms with E-state index in [9.17, 15) is 9.90 Å². The van der Waals surface area contributed by atoms with Crippen molar-refractivity contribution < 1.29 is 9.90 Å². The fourth-order valence-corrected chi connectivity index (χ4v) is 1.44. The number of hydrogen-bond donors (Lipinski definition) is 2. The maximum Gasteiger partial charge on any atom is 0.150 e. The fraction of sp³-hybridized carbons (Fsp3) is 0.200. The molecule has 0 saturated carbocycles. The predicted octanol–water partition coefficient (Wildman–Crippen LogP) is 1.43. The minimum Gasteiger partial charge on any atom is -0.387 e. The van der Waals surface area contributed by atoms with Crippen LogP contribution in [0.25, 0.3) is 10.9 Å². The van der Waals surface area contributed by atoms with Gasteiger partial charge in [-0.05, 0) is 13.0 Å². The fourth-order valence-electron chi connectivity index (χ4n) is 1.44. The molecule has 1 aromatic carbocycles. The van der Waals surface area contributed by atoms with Gasteiger partial charge in [-0.25, -0.2) is 0 Å². The highest BCUT2D eigenvalue weighted by atomic mass is 16.3. The van der Waals surface area contributed by atoms with E-state index >= 15 is 0 Å². The van der Waals surface area contributed by atoms with Gasteiger partial charge in [0, 0.05) is 10.9 Å². The van der Waals surface area contributed by atoms with E-state index in [0.29, 0.717) is 16.8 Å². The Hall–Kier alpha value is -1.68. The number of aromatic amines is 1. The lowest BCUT2D eigenvalue weighted by Crippen LogP contribution is -1.91. The molecule has 1 heterocycles. The molecule has 72 valence electrons. The number of fused-ring (bicyclic) bond motifs is 1. The molecule has 14 heavy (non-hydrogen) atoms. The molecule has 0 fully saturated rings. The third-order valence-corrected chi connectivity index (χ3v) is 2.16. The molecular weight excluding hydrogens is 180 g/mol. The summed E-state index contributed by atoms with van der Waals surface area (Å²) in [4.78, 5) is 10.5. The van der Waals surface area contributed by atoms with Gasteiger partial charge in [-0.1, -0.05) is 12.1 Å². The van der Waals surface area contributed by atoms with Crippen LogP contribution in [-0.2, 0) is 0 Å². The van der Waals surface area contributed by atoms with Gasteiger partial charge < -0.3 is 5.11 Å². The van der Waals surface area contributed by atoms with Gasteiger partial charge in [0.2, 0.25) is 0 Å². The lowest BCUT2D eigenvalue weighted by atomic mass is 10.1. The molecule has 0 amide bonds. The maximum atomic E-state index is 10.5. The summed E-state index contributed by atoms with van der Waals surface area (Å²) >= 11 is 0. The van der Waals surface area contributed by atoms with Crippen LogP contribution >= 0.6 is 0 Å². The quantitative estimate of drug-likeness (QED) is 0.704. The Kier molecular flexibility index (Phi) is 2.05. The lowest BCUT2D eigenvalue weighted by molar-refractivity contribution is 0.112. The molecule has 0 aliphatic carbocycles. The van der Waals surface area contributed by atoms with Crippen molar-refractivity contribution in [2.45, 2.75) is 13.0 Å². The van der Waals surface area contributed by atoms with E-state index in [1.54, 1.807) is 25.1 Å². The summed E-state index contributed by atoms with van der Waals surface area (Å²) in [5.41, 5.74) is 1.96. The first-order chi connectivity index (χ1) is 6.72. The first kappa shape index (κ1) is 8.90. The van der Waals surface area contributed by atoms with Crippen LogP contribution in [0.4, 0.5) is 0 Å². The van der Waals surface area contributed by atoms with Crippen LogP contribution in [0, 0.1) is 0 Å². The van der Waals surface area contributed by atoms with Gasteiger partial charge in [-0.2, -0.15) is 5.10 Å². The van der Waals surface area contributed by atoms with Crippen molar-refractivity contribution in [3.05, 3.63) is 29.5 Å². The lowest BCUT2D eigenvalue weighted by Gasteiger charge is -1.99. The van der Waals surface area contributed by atoms with E-state index in [4.69, 9.17) is 0 Å². The van der Waals surface area contributed by atoms with Crippen LogP contribution in [0.15, 0.2) is 18.2 Å². The number of hydrogen-bond acceptors (Lipinski definition) is 3. The topological polar surface area (TPSA) is 66.0 Å². The number of H-pyrrole nitrogens is 1. The summed E-state index contributed by atoms with van der Waals surface area (Å²) in [5.74, 6) is 0. The number of aliphatic hydroxyl groups is 1. The third kappa shape index (κ3) is 1.29. The number of nitrogens with one attached hydrogen (secondary N) is 1. The molecule has 2 aromatic rings. The van der Waals surface area contributed by atoms with Crippen LogP contribution in [0.5, 0.6) is 0 Å². The van der Waals surface area contributed by atoms with Gasteiger partial charge in [0.1, 0.15) is 6.29 Å². The summed E-state index contributed by atoms with van der Waals surface area (Å²) in [7, 11) is 0. The van der Waals surface area contributed by atoms with Crippen molar-refractivity contribution >= 4 is 17.2 Å². The van der Waals surface area contributed by atoms with E-state index < -0.39 is 6.10 Å². The maximum absolute atomic E-state index is 10.5. The Balaban J connectivity index is 2.65. The second kappa shape index (κ2) is 3.23. The molecule has 1 aromatic heterocycles. The van der Waals surface area contributed by atoms with Gasteiger partial charge in [0.15, 0.2) is 0 Å². The highest BCUT2D eigenvalue weighted by Gasteiger charge is 2.09. The molecule has 0 bridgehead atoms. The summed E-state index contributed by atoms with van der Waals surface area (Å²) in [6.07, 6.45) is 0.193. The number of carbonyl (C=O) groups excluding carboxylic acids is 1. The SMILES string of the molecule is CC(O)c1[nH]nc2cc(C=O)ccc12. The zero-order valence-electron chi connectivity index (χ0n) is 7.69. The minimum absolute atomic E-state index is 0.581. The minimum atomic E-state index is -0.581. The van der Waals surface area contributed by atoms with Crippen molar-refractivity contribution in [1.82, 2.24) is 10.2 Å². The summed E-state index contributed by atoms with van der Waals surface area (Å²) in [6.45, 7) is 1.67. The second-order valence-electron chi connectivity index (χ2n) is 3.21. The molecular formula is C10H10N2O2. The van der Waals surface area contributed by atoms with E-state index in [-0.39, 0.29) is 0 Å². The molecule has 0 spiro atoms. The third-order valence-electron chi connectivity index (χ3n) is 2.16. The van der Waals surface area contributed by atoms with Crippen LogP contribution in [0.3, 0.4) is 0 Å². The van der Waals surface area contributed by atoms with Crippen molar-refractivity contribution in [3.63, 3.8) is 0 Å². The Morgan fingerprint density at radius 2 is 2.36 bits per heavy atom. The van der Waals surface area contributed by atoms with Crippen molar-refractivity contribution in [2.75, 3.05) is 0 Å². The number of aldehydes is 1. The summed E-state index contributed by atoms with van der Waals surface area (Å²) in [6, 6.07) is 5.17. The standard InChI is InChI=1S/C10H10N2O2/c1-6(14)10-8-3-2-7(5-13)4-9(8)11-12-10/h2-6,14H,1H3,(H,11,12). The molecule has 4 heteroatoms. The van der Waals surface area contributed by atoms with Gasteiger partial charge >= 0.3 is 0 Å². The molecule has 4 nitrogen and oxygen atoms in total. The first-order valence-corrected chi connectivity index (χ1v) is 4.33. The van der Waals surface area contributed by atoms with E-state index in [2.05, 4.69) is 10.2 Å². The van der Waals surface area contributed by atoms with Crippen LogP contribution in [-0.4, -0.2) is 21.6 Å². The van der Waals surface area contributed by atoms with Crippen molar-refractivity contribution in [1.29, 1.82) is 0 Å². The molecule has 2 N–H and O–H groups in total. The molecule has 1 atom stereocenters. The number of nitrogens with zero attached hydrogens (tertiary/aromatic N) is 1. The number of aromatic nitrogens is 2. The zero-order chi connectivity index (χ0) is 10.1. The molecule has 0 aliphatic heterocycles. The number of benzene rings is 1. The Labute approximate surface area is 80.6 Å². The molecule has 0 radical (unpaired) electrons. The number of aliphatic hydroxyl groups excluding tert-OH is 1. The Bertz CT molecular complexity index is 474. The normalized spacial score (nSPS) is 13.0. The molecule has 2 rings (SSSR count). The van der Waals surface area contributed by atoms with E-state index in [1.807, 2.05) is 0 Å². The van der Waals surface area contributed by atoms with Gasteiger partial charge in [0.05, 0.1) is 17.3 Å². The number of carbonyl (C=O) groups is 1.